The average molecular weight is 387 g/mol. The number of nitrogens with zero attached hydrogens (tertiary/aromatic N) is 4. The molecule has 0 atom stereocenters. The van der Waals surface area contributed by atoms with Crippen LogP contribution in [0.1, 0.15) is 23.0 Å². The zero-order chi connectivity index (χ0) is 20.1. The summed E-state index contributed by atoms with van der Waals surface area (Å²) in [4.78, 5) is 26.0. The summed E-state index contributed by atoms with van der Waals surface area (Å²) in [6.07, 6.45) is 4.11. The second-order valence-electron chi connectivity index (χ2n) is 7.03. The summed E-state index contributed by atoms with van der Waals surface area (Å²) in [7, 11) is 0. The Morgan fingerprint density at radius 3 is 2.28 bits per heavy atom. The lowest BCUT2D eigenvalue weighted by atomic mass is 10.1. The SMILES string of the molecule is CCc1ccccc1NC(=O)c1cnc(N2CCN(c3ccccc3)CC2)cn1. The van der Waals surface area contributed by atoms with E-state index in [0.717, 1.165) is 49.7 Å². The molecule has 3 aromatic rings. The van der Waals surface area contributed by atoms with E-state index in [1.54, 1.807) is 12.4 Å². The molecule has 0 unspecified atom stereocenters. The Morgan fingerprint density at radius 2 is 1.59 bits per heavy atom. The Bertz CT molecular complexity index is 951. The molecule has 6 nitrogen and oxygen atoms in total. The Kier molecular flexibility index (Phi) is 5.70. The smallest absolute Gasteiger partial charge is 0.275 e. The van der Waals surface area contributed by atoms with Gasteiger partial charge in [0.05, 0.1) is 12.4 Å². The van der Waals surface area contributed by atoms with E-state index in [-0.39, 0.29) is 5.91 Å². The van der Waals surface area contributed by atoms with Crippen LogP contribution in [0.4, 0.5) is 17.2 Å². The van der Waals surface area contributed by atoms with E-state index in [2.05, 4.69) is 56.3 Å². The van der Waals surface area contributed by atoms with Crippen LogP contribution in [0.5, 0.6) is 0 Å². The zero-order valence-corrected chi connectivity index (χ0v) is 16.6. The molecular weight excluding hydrogens is 362 g/mol. The molecule has 1 fully saturated rings. The highest BCUT2D eigenvalue weighted by molar-refractivity contribution is 6.03. The number of nitrogens with one attached hydrogen (secondary N) is 1. The van der Waals surface area contributed by atoms with Crippen LogP contribution in [0.15, 0.2) is 67.0 Å². The van der Waals surface area contributed by atoms with E-state index < -0.39 is 0 Å². The fourth-order valence-corrected chi connectivity index (χ4v) is 3.57. The summed E-state index contributed by atoms with van der Waals surface area (Å²) in [5, 5.41) is 2.94. The summed E-state index contributed by atoms with van der Waals surface area (Å²) in [5.74, 6) is 0.571. The van der Waals surface area contributed by atoms with Crippen LogP contribution in [0.3, 0.4) is 0 Å². The van der Waals surface area contributed by atoms with Gasteiger partial charge in [-0.15, -0.1) is 0 Å². The van der Waals surface area contributed by atoms with Gasteiger partial charge in [-0.05, 0) is 30.2 Å². The minimum atomic E-state index is -0.237. The molecule has 0 bridgehead atoms. The highest BCUT2D eigenvalue weighted by Gasteiger charge is 2.19. The van der Waals surface area contributed by atoms with E-state index in [4.69, 9.17) is 0 Å². The number of carbonyl (C=O) groups is 1. The maximum absolute atomic E-state index is 12.5. The summed E-state index contributed by atoms with van der Waals surface area (Å²) in [6.45, 7) is 5.68. The van der Waals surface area contributed by atoms with Gasteiger partial charge >= 0.3 is 0 Å². The molecule has 4 rings (SSSR count). The van der Waals surface area contributed by atoms with Crippen molar-refractivity contribution >= 4 is 23.1 Å². The van der Waals surface area contributed by atoms with Crippen molar-refractivity contribution in [1.82, 2.24) is 9.97 Å². The number of hydrogen-bond acceptors (Lipinski definition) is 5. The van der Waals surface area contributed by atoms with Crippen LogP contribution in [-0.2, 0) is 6.42 Å². The number of piperazine rings is 1. The van der Waals surface area contributed by atoms with Crippen molar-refractivity contribution in [2.24, 2.45) is 0 Å². The maximum atomic E-state index is 12.5. The maximum Gasteiger partial charge on any atom is 0.275 e. The Balaban J connectivity index is 1.37. The second kappa shape index (κ2) is 8.73. The first-order valence-corrected chi connectivity index (χ1v) is 10.0. The predicted molar refractivity (Wildman–Crippen MR) is 117 cm³/mol. The van der Waals surface area contributed by atoms with Crippen LogP contribution < -0.4 is 15.1 Å². The van der Waals surface area contributed by atoms with Crippen molar-refractivity contribution < 1.29 is 4.79 Å². The highest BCUT2D eigenvalue weighted by atomic mass is 16.1. The molecule has 2 aromatic carbocycles. The van der Waals surface area contributed by atoms with Crippen molar-refractivity contribution in [3.63, 3.8) is 0 Å². The fraction of sp³-hybridized carbons (Fsp3) is 0.261. The number of amides is 1. The van der Waals surface area contributed by atoms with Gasteiger partial charge < -0.3 is 15.1 Å². The normalized spacial score (nSPS) is 14.0. The summed E-state index contributed by atoms with van der Waals surface area (Å²) in [5.41, 5.74) is 3.49. The molecular formula is C23H25N5O. The summed E-state index contributed by atoms with van der Waals surface area (Å²) >= 11 is 0. The van der Waals surface area contributed by atoms with Gasteiger partial charge in [0.2, 0.25) is 0 Å². The molecule has 0 saturated carbocycles. The summed E-state index contributed by atoms with van der Waals surface area (Å²) in [6, 6.07) is 18.3. The van der Waals surface area contributed by atoms with Crippen molar-refractivity contribution in [2.75, 3.05) is 41.3 Å². The number of benzene rings is 2. The molecule has 6 heteroatoms. The second-order valence-corrected chi connectivity index (χ2v) is 7.03. The van der Waals surface area contributed by atoms with E-state index in [1.165, 1.54) is 5.69 Å². The van der Waals surface area contributed by atoms with Gasteiger partial charge in [0.15, 0.2) is 0 Å². The quantitative estimate of drug-likeness (QED) is 0.725. The van der Waals surface area contributed by atoms with E-state index in [9.17, 15) is 4.79 Å². The molecule has 0 spiro atoms. The molecule has 1 aliphatic heterocycles. The Hall–Kier alpha value is -3.41. The van der Waals surface area contributed by atoms with Gasteiger partial charge in [0, 0.05) is 37.6 Å². The van der Waals surface area contributed by atoms with Gasteiger partial charge in [-0.2, -0.15) is 0 Å². The number of rotatable bonds is 5. The molecule has 148 valence electrons. The minimum Gasteiger partial charge on any atom is -0.368 e. The van der Waals surface area contributed by atoms with Gasteiger partial charge in [-0.25, -0.2) is 9.97 Å². The van der Waals surface area contributed by atoms with Crippen molar-refractivity contribution in [2.45, 2.75) is 13.3 Å². The first kappa shape index (κ1) is 18.9. The number of hydrogen-bond donors (Lipinski definition) is 1. The standard InChI is InChI=1S/C23H25N5O/c1-2-18-8-6-7-11-20(18)26-23(29)21-16-25-22(17-24-21)28-14-12-27(13-15-28)19-9-4-3-5-10-19/h3-11,16-17H,2,12-15H2,1H3,(H,26,29). The van der Waals surface area contributed by atoms with Crippen molar-refractivity contribution in [3.05, 3.63) is 78.2 Å². The third-order valence-corrected chi connectivity index (χ3v) is 5.24. The van der Waals surface area contributed by atoms with E-state index in [1.807, 2.05) is 30.3 Å². The first-order chi connectivity index (χ1) is 14.2. The van der Waals surface area contributed by atoms with Crippen LogP contribution in [0.2, 0.25) is 0 Å². The summed E-state index contributed by atoms with van der Waals surface area (Å²) < 4.78 is 0. The van der Waals surface area contributed by atoms with Crippen LogP contribution in [0, 0.1) is 0 Å². The third kappa shape index (κ3) is 4.37. The van der Waals surface area contributed by atoms with Crippen molar-refractivity contribution in [3.8, 4) is 0 Å². The third-order valence-electron chi connectivity index (χ3n) is 5.24. The van der Waals surface area contributed by atoms with Gasteiger partial charge in [0.25, 0.3) is 5.91 Å². The number of anilines is 3. The van der Waals surface area contributed by atoms with E-state index >= 15 is 0 Å². The zero-order valence-electron chi connectivity index (χ0n) is 16.6. The molecule has 0 radical (unpaired) electrons. The molecule has 1 saturated heterocycles. The first-order valence-electron chi connectivity index (χ1n) is 10.0. The Labute approximate surface area is 171 Å². The number of para-hydroxylation sites is 2. The lowest BCUT2D eigenvalue weighted by Crippen LogP contribution is -2.46. The fourth-order valence-electron chi connectivity index (χ4n) is 3.57. The molecule has 1 aromatic heterocycles. The topological polar surface area (TPSA) is 61.4 Å². The lowest BCUT2D eigenvalue weighted by Gasteiger charge is -2.36. The molecule has 29 heavy (non-hydrogen) atoms. The van der Waals surface area contributed by atoms with Crippen LogP contribution >= 0.6 is 0 Å². The molecule has 1 aliphatic rings. The monoisotopic (exact) mass is 387 g/mol. The highest BCUT2D eigenvalue weighted by Crippen LogP contribution is 2.19. The molecule has 0 aliphatic carbocycles. The van der Waals surface area contributed by atoms with Gasteiger partial charge in [0.1, 0.15) is 11.5 Å². The molecule has 1 amide bonds. The van der Waals surface area contributed by atoms with Crippen LogP contribution in [-0.4, -0.2) is 42.1 Å². The number of carbonyl (C=O) groups excluding carboxylic acids is 1. The lowest BCUT2D eigenvalue weighted by molar-refractivity contribution is 0.102. The largest absolute Gasteiger partial charge is 0.368 e. The average Bonchev–Trinajstić information content (AvgIpc) is 2.80. The van der Waals surface area contributed by atoms with Gasteiger partial charge in [-0.3, -0.25) is 4.79 Å². The van der Waals surface area contributed by atoms with Crippen molar-refractivity contribution in [1.29, 1.82) is 0 Å². The number of aryl methyl sites for hydroxylation is 1. The number of aromatic nitrogens is 2. The predicted octanol–water partition coefficient (Wildman–Crippen LogP) is 3.62. The molecule has 2 heterocycles. The van der Waals surface area contributed by atoms with E-state index in [0.29, 0.717) is 5.69 Å². The Morgan fingerprint density at radius 1 is 0.897 bits per heavy atom. The van der Waals surface area contributed by atoms with Crippen LogP contribution in [0.25, 0.3) is 0 Å². The minimum absolute atomic E-state index is 0.237. The molecule has 1 N–H and O–H groups in total. The van der Waals surface area contributed by atoms with Gasteiger partial charge in [-0.1, -0.05) is 43.3 Å².